The van der Waals surface area contributed by atoms with E-state index >= 15 is 0 Å². The van der Waals surface area contributed by atoms with Crippen molar-refractivity contribution in [3.05, 3.63) is 41.2 Å². The predicted octanol–water partition coefficient (Wildman–Crippen LogP) is 2.90. The van der Waals surface area contributed by atoms with Gasteiger partial charge in [-0.3, -0.25) is 4.79 Å². The molecule has 0 bridgehead atoms. The summed E-state index contributed by atoms with van der Waals surface area (Å²) in [5, 5.41) is 3.95. The summed E-state index contributed by atoms with van der Waals surface area (Å²) in [5.74, 6) is -0.629. The van der Waals surface area contributed by atoms with E-state index < -0.39 is 17.5 Å². The van der Waals surface area contributed by atoms with Gasteiger partial charge in [-0.25, -0.2) is 8.78 Å². The Balaban J connectivity index is 1.50. The molecule has 140 valence electrons. The number of aromatic nitrogens is 2. The molecule has 0 atom stereocenters. The molecule has 0 radical (unpaired) electrons. The van der Waals surface area contributed by atoms with Crippen molar-refractivity contribution in [1.82, 2.24) is 15.0 Å². The fourth-order valence-corrected chi connectivity index (χ4v) is 3.12. The molecule has 1 fully saturated rings. The number of benzene rings is 1. The Hall–Kier alpha value is -2.51. The van der Waals surface area contributed by atoms with Crippen molar-refractivity contribution in [2.45, 2.75) is 25.7 Å². The highest BCUT2D eigenvalue weighted by Gasteiger charge is 2.26. The van der Waals surface area contributed by atoms with Crippen LogP contribution in [0.2, 0.25) is 0 Å². The molecule has 0 spiro atoms. The molecule has 0 unspecified atom stereocenters. The van der Waals surface area contributed by atoms with Crippen LogP contribution in [0.5, 0.6) is 0 Å². The first kappa shape index (κ1) is 18.3. The number of likely N-dealkylation sites (tertiary alicyclic amines) is 1. The zero-order valence-corrected chi connectivity index (χ0v) is 14.9. The largest absolute Gasteiger partial charge is 0.339 e. The van der Waals surface area contributed by atoms with Gasteiger partial charge in [0.25, 0.3) is 5.91 Å². The van der Waals surface area contributed by atoms with Crippen molar-refractivity contribution in [2.75, 3.05) is 32.1 Å². The van der Waals surface area contributed by atoms with Gasteiger partial charge >= 0.3 is 6.01 Å². The first-order valence-corrected chi connectivity index (χ1v) is 8.68. The van der Waals surface area contributed by atoms with Crippen LogP contribution >= 0.6 is 0 Å². The molecule has 6 nitrogen and oxygen atoms in total. The fourth-order valence-electron chi connectivity index (χ4n) is 3.12. The van der Waals surface area contributed by atoms with Gasteiger partial charge < -0.3 is 14.3 Å². The van der Waals surface area contributed by atoms with Crippen LogP contribution in [0.1, 0.15) is 35.4 Å². The lowest BCUT2D eigenvalue weighted by Gasteiger charge is -2.32. The quantitative estimate of drug-likeness (QED) is 0.816. The maximum atomic E-state index is 13.8. The van der Waals surface area contributed by atoms with Crippen LogP contribution in [0.3, 0.4) is 0 Å². The summed E-state index contributed by atoms with van der Waals surface area (Å²) in [6.45, 7) is 1.07. The van der Waals surface area contributed by atoms with Gasteiger partial charge in [-0.05, 0) is 43.4 Å². The van der Waals surface area contributed by atoms with E-state index in [0.717, 1.165) is 37.5 Å². The number of hydrogen-bond acceptors (Lipinski definition) is 5. The summed E-state index contributed by atoms with van der Waals surface area (Å²) >= 11 is 0. The van der Waals surface area contributed by atoms with Crippen molar-refractivity contribution in [3.8, 4) is 0 Å². The molecule has 0 aliphatic carbocycles. The van der Waals surface area contributed by atoms with Crippen LogP contribution < -0.4 is 4.90 Å². The van der Waals surface area contributed by atoms with Gasteiger partial charge in [0.1, 0.15) is 11.6 Å². The number of rotatable bonds is 5. The fraction of sp³-hybridized carbons (Fsp3) is 0.500. The minimum Gasteiger partial charge on any atom is -0.339 e. The Bertz CT molecular complexity index is 770. The average Bonchev–Trinajstić information content (AvgIpc) is 3.11. The molecule has 1 aromatic carbocycles. The molecule has 1 saturated heterocycles. The van der Waals surface area contributed by atoms with E-state index in [9.17, 15) is 13.6 Å². The van der Waals surface area contributed by atoms with E-state index in [1.165, 1.54) is 0 Å². The van der Waals surface area contributed by atoms with Crippen molar-refractivity contribution in [2.24, 2.45) is 5.92 Å². The molecular weight excluding hydrogens is 342 g/mol. The van der Waals surface area contributed by atoms with E-state index in [2.05, 4.69) is 10.1 Å². The van der Waals surface area contributed by atoms with E-state index in [1.807, 2.05) is 14.1 Å². The number of carbonyl (C=O) groups is 1. The first-order valence-electron chi connectivity index (χ1n) is 8.68. The topological polar surface area (TPSA) is 62.5 Å². The molecule has 1 amide bonds. The SMILES string of the molecule is CN(C)c1nc(CCC2CCN(C(=O)c3cc(F)ccc3F)CC2)no1. The zero-order chi connectivity index (χ0) is 18.7. The van der Waals surface area contributed by atoms with Gasteiger partial charge in [0.2, 0.25) is 0 Å². The van der Waals surface area contributed by atoms with Crippen LogP contribution in [-0.2, 0) is 6.42 Å². The highest BCUT2D eigenvalue weighted by atomic mass is 19.1. The van der Waals surface area contributed by atoms with Crippen LogP contribution in [0.4, 0.5) is 14.8 Å². The second-order valence-electron chi connectivity index (χ2n) is 6.79. The molecule has 1 aliphatic rings. The highest BCUT2D eigenvalue weighted by molar-refractivity contribution is 5.94. The lowest BCUT2D eigenvalue weighted by Crippen LogP contribution is -2.39. The van der Waals surface area contributed by atoms with Crippen molar-refractivity contribution in [1.29, 1.82) is 0 Å². The molecule has 2 heterocycles. The van der Waals surface area contributed by atoms with Crippen molar-refractivity contribution >= 4 is 11.9 Å². The molecule has 0 N–H and O–H groups in total. The molecule has 2 aromatic rings. The second kappa shape index (κ2) is 7.80. The number of hydrogen-bond donors (Lipinski definition) is 0. The van der Waals surface area contributed by atoms with Gasteiger partial charge in [-0.1, -0.05) is 5.16 Å². The Morgan fingerprint density at radius 2 is 2.04 bits per heavy atom. The van der Waals surface area contributed by atoms with Crippen LogP contribution in [-0.4, -0.2) is 48.1 Å². The smallest absolute Gasteiger partial charge is 0.323 e. The minimum absolute atomic E-state index is 0.202. The molecule has 0 saturated carbocycles. The standard InChI is InChI=1S/C18H22F2N4O2/c1-23(2)18-21-16(22-26-18)6-3-12-7-9-24(10-8-12)17(25)14-11-13(19)4-5-15(14)20/h4-5,11-12H,3,6-10H2,1-2H3. The molecule has 8 heteroatoms. The summed E-state index contributed by atoms with van der Waals surface area (Å²) in [6.07, 6.45) is 3.26. The lowest BCUT2D eigenvalue weighted by atomic mass is 9.91. The number of anilines is 1. The second-order valence-corrected chi connectivity index (χ2v) is 6.79. The molecule has 3 rings (SSSR count). The molecule has 1 aliphatic heterocycles. The van der Waals surface area contributed by atoms with E-state index in [-0.39, 0.29) is 5.56 Å². The summed E-state index contributed by atoms with van der Waals surface area (Å²) in [4.78, 5) is 20.1. The molecule has 26 heavy (non-hydrogen) atoms. The molecular formula is C18H22F2N4O2. The number of amides is 1. The van der Waals surface area contributed by atoms with Gasteiger partial charge in [0.15, 0.2) is 5.82 Å². The minimum atomic E-state index is -0.688. The Morgan fingerprint density at radius 3 is 2.69 bits per heavy atom. The highest BCUT2D eigenvalue weighted by Crippen LogP contribution is 2.24. The van der Waals surface area contributed by atoms with Gasteiger partial charge in [-0.2, -0.15) is 4.98 Å². The summed E-state index contributed by atoms with van der Waals surface area (Å²) < 4.78 is 32.2. The first-order chi connectivity index (χ1) is 12.4. The monoisotopic (exact) mass is 364 g/mol. The Labute approximate surface area is 150 Å². The van der Waals surface area contributed by atoms with Crippen molar-refractivity contribution in [3.63, 3.8) is 0 Å². The van der Waals surface area contributed by atoms with E-state index in [1.54, 1.807) is 9.80 Å². The normalized spacial score (nSPS) is 15.3. The predicted molar refractivity (Wildman–Crippen MR) is 91.9 cm³/mol. The van der Waals surface area contributed by atoms with Crippen LogP contribution in [0.15, 0.2) is 22.7 Å². The number of carbonyl (C=O) groups excluding carboxylic acids is 1. The Morgan fingerprint density at radius 1 is 1.31 bits per heavy atom. The molecule has 1 aromatic heterocycles. The van der Waals surface area contributed by atoms with Gasteiger partial charge in [0, 0.05) is 33.6 Å². The lowest BCUT2D eigenvalue weighted by molar-refractivity contribution is 0.0681. The third kappa shape index (κ3) is 4.17. The van der Waals surface area contributed by atoms with Gasteiger partial charge in [0.05, 0.1) is 5.56 Å². The summed E-state index contributed by atoms with van der Waals surface area (Å²) in [5.41, 5.74) is -0.202. The summed E-state index contributed by atoms with van der Waals surface area (Å²) in [6, 6.07) is 3.44. The van der Waals surface area contributed by atoms with Crippen molar-refractivity contribution < 1.29 is 18.1 Å². The number of aryl methyl sites for hydroxylation is 1. The van der Waals surface area contributed by atoms with Crippen LogP contribution in [0, 0.1) is 17.6 Å². The van der Waals surface area contributed by atoms with Gasteiger partial charge in [-0.15, -0.1) is 0 Å². The van der Waals surface area contributed by atoms with E-state index in [4.69, 9.17) is 4.52 Å². The van der Waals surface area contributed by atoms with Crippen LogP contribution in [0.25, 0.3) is 0 Å². The number of piperidine rings is 1. The number of nitrogens with zero attached hydrogens (tertiary/aromatic N) is 4. The van der Waals surface area contributed by atoms with E-state index in [0.29, 0.717) is 37.3 Å². The number of halogens is 2. The summed E-state index contributed by atoms with van der Waals surface area (Å²) in [7, 11) is 3.68. The third-order valence-corrected chi connectivity index (χ3v) is 4.68. The zero-order valence-electron chi connectivity index (χ0n) is 14.9. The maximum absolute atomic E-state index is 13.8. The Kier molecular flexibility index (Phi) is 5.49. The third-order valence-electron chi connectivity index (χ3n) is 4.68. The average molecular weight is 364 g/mol. The maximum Gasteiger partial charge on any atom is 0.323 e.